The third kappa shape index (κ3) is 3.54. The summed E-state index contributed by atoms with van der Waals surface area (Å²) in [6.45, 7) is 0. The minimum atomic E-state index is -0.677. The van der Waals surface area contributed by atoms with Gasteiger partial charge < -0.3 is 5.11 Å². The van der Waals surface area contributed by atoms with Gasteiger partial charge in [-0.2, -0.15) is 0 Å². The maximum Gasteiger partial charge on any atom is 0.173 e. The molecule has 19 heavy (non-hydrogen) atoms. The van der Waals surface area contributed by atoms with E-state index in [1.807, 2.05) is 0 Å². The smallest absolute Gasteiger partial charge is 0.173 e. The predicted molar refractivity (Wildman–Crippen MR) is 69.5 cm³/mol. The number of phenolic OH excluding ortho intramolecular Hbond substituents is 1. The van der Waals surface area contributed by atoms with Crippen LogP contribution in [0.15, 0.2) is 47.4 Å². The molecule has 0 aromatic heterocycles. The molecule has 0 radical (unpaired) electrons. The van der Waals surface area contributed by atoms with Crippen LogP contribution < -0.4 is 0 Å². The van der Waals surface area contributed by atoms with Gasteiger partial charge in [-0.15, -0.1) is 11.8 Å². The van der Waals surface area contributed by atoms with Gasteiger partial charge in [0.15, 0.2) is 5.78 Å². The molecule has 0 amide bonds. The van der Waals surface area contributed by atoms with E-state index in [4.69, 9.17) is 5.11 Å². The molecule has 0 saturated heterocycles. The van der Waals surface area contributed by atoms with Gasteiger partial charge in [0.1, 0.15) is 17.4 Å². The van der Waals surface area contributed by atoms with Crippen LogP contribution in [0.3, 0.4) is 0 Å². The Kier molecular flexibility index (Phi) is 4.16. The van der Waals surface area contributed by atoms with Crippen LogP contribution in [0.5, 0.6) is 5.75 Å². The number of benzene rings is 2. The van der Waals surface area contributed by atoms with Crippen molar-refractivity contribution >= 4 is 17.5 Å². The number of hydrogen-bond donors (Lipinski definition) is 1. The molecule has 98 valence electrons. The molecule has 2 nitrogen and oxygen atoms in total. The number of Topliss-reactive ketones (excluding diaryl/α,β-unsaturated/α-hetero) is 1. The predicted octanol–water partition coefficient (Wildman–Crippen LogP) is 3.65. The molecule has 0 aliphatic heterocycles. The summed E-state index contributed by atoms with van der Waals surface area (Å²) < 4.78 is 26.1. The maximum absolute atomic E-state index is 13.4. The zero-order chi connectivity index (χ0) is 13.8. The fraction of sp³-hybridized carbons (Fsp3) is 0.0714. The summed E-state index contributed by atoms with van der Waals surface area (Å²) in [7, 11) is 0. The van der Waals surface area contributed by atoms with Crippen molar-refractivity contribution < 1.29 is 18.7 Å². The third-order valence-corrected chi connectivity index (χ3v) is 3.49. The number of aromatic hydroxyl groups is 1. The lowest BCUT2D eigenvalue weighted by molar-refractivity contribution is 0.102. The van der Waals surface area contributed by atoms with E-state index >= 15 is 0 Å². The molecular weight excluding hydrogens is 270 g/mol. The van der Waals surface area contributed by atoms with E-state index in [2.05, 4.69) is 0 Å². The van der Waals surface area contributed by atoms with Crippen LogP contribution in [0.2, 0.25) is 0 Å². The molecule has 0 unspecified atom stereocenters. The van der Waals surface area contributed by atoms with E-state index in [0.717, 1.165) is 23.9 Å². The minimum absolute atomic E-state index is 0.0489. The van der Waals surface area contributed by atoms with E-state index < -0.39 is 11.6 Å². The summed E-state index contributed by atoms with van der Waals surface area (Å²) in [4.78, 5) is 12.0. The van der Waals surface area contributed by atoms with Gasteiger partial charge in [-0.1, -0.05) is 0 Å². The second kappa shape index (κ2) is 5.84. The molecule has 0 spiro atoms. The van der Waals surface area contributed by atoms with Crippen LogP contribution >= 0.6 is 11.8 Å². The van der Waals surface area contributed by atoms with Crippen LogP contribution in [0, 0.1) is 11.6 Å². The van der Waals surface area contributed by atoms with Crippen LogP contribution in [0.25, 0.3) is 0 Å². The summed E-state index contributed by atoms with van der Waals surface area (Å²) in [6.07, 6.45) is 0. The molecule has 0 atom stereocenters. The highest BCUT2D eigenvalue weighted by Crippen LogP contribution is 2.23. The summed E-state index contributed by atoms with van der Waals surface area (Å²) in [5, 5.41) is 9.11. The molecule has 0 fully saturated rings. The normalized spacial score (nSPS) is 10.4. The molecule has 5 heteroatoms. The van der Waals surface area contributed by atoms with Gasteiger partial charge in [-0.25, -0.2) is 8.78 Å². The molecule has 2 aromatic carbocycles. The number of carbonyl (C=O) groups excluding carboxylic acids is 1. The number of ketones is 1. The molecule has 0 saturated carbocycles. The SMILES string of the molecule is O=C(CSc1ccc(F)cc1F)c1ccc(O)cc1. The summed E-state index contributed by atoms with van der Waals surface area (Å²) >= 11 is 1.01. The summed E-state index contributed by atoms with van der Waals surface area (Å²) in [6, 6.07) is 9.06. The van der Waals surface area contributed by atoms with E-state index in [1.54, 1.807) is 0 Å². The number of hydrogen-bond acceptors (Lipinski definition) is 3. The van der Waals surface area contributed by atoms with Crippen LogP contribution in [0.1, 0.15) is 10.4 Å². The first-order valence-electron chi connectivity index (χ1n) is 5.46. The Morgan fingerprint density at radius 2 is 1.79 bits per heavy atom. The lowest BCUT2D eigenvalue weighted by atomic mass is 10.1. The van der Waals surface area contributed by atoms with E-state index in [9.17, 15) is 13.6 Å². The molecule has 1 N–H and O–H groups in total. The molecule has 0 aliphatic carbocycles. The average Bonchev–Trinajstić information content (AvgIpc) is 2.38. The number of rotatable bonds is 4. The topological polar surface area (TPSA) is 37.3 Å². The largest absolute Gasteiger partial charge is 0.508 e. The second-order valence-corrected chi connectivity index (χ2v) is 4.85. The minimum Gasteiger partial charge on any atom is -0.508 e. The van der Waals surface area contributed by atoms with Crippen molar-refractivity contribution in [3.63, 3.8) is 0 Å². The number of phenols is 1. The highest BCUT2D eigenvalue weighted by molar-refractivity contribution is 8.00. The van der Waals surface area contributed by atoms with Crippen LogP contribution in [0.4, 0.5) is 8.78 Å². The Hall–Kier alpha value is -1.88. The molecule has 0 heterocycles. The highest BCUT2D eigenvalue weighted by Gasteiger charge is 2.09. The van der Waals surface area contributed by atoms with Crippen molar-refractivity contribution in [2.75, 3.05) is 5.75 Å². The monoisotopic (exact) mass is 280 g/mol. The van der Waals surface area contributed by atoms with Gasteiger partial charge in [0.05, 0.1) is 5.75 Å². The average molecular weight is 280 g/mol. The van der Waals surface area contributed by atoms with Gasteiger partial charge in [-0.05, 0) is 36.4 Å². The Morgan fingerprint density at radius 1 is 1.11 bits per heavy atom. The van der Waals surface area contributed by atoms with Crippen LogP contribution in [-0.2, 0) is 0 Å². The fourth-order valence-corrected chi connectivity index (χ4v) is 2.28. The quantitative estimate of drug-likeness (QED) is 0.686. The second-order valence-electron chi connectivity index (χ2n) is 3.83. The Morgan fingerprint density at radius 3 is 2.42 bits per heavy atom. The maximum atomic E-state index is 13.4. The van der Waals surface area contributed by atoms with Gasteiger partial charge in [-0.3, -0.25) is 4.79 Å². The Bertz CT molecular complexity index is 597. The fourth-order valence-electron chi connectivity index (χ4n) is 1.47. The Labute approximate surface area is 113 Å². The van der Waals surface area contributed by atoms with E-state index in [0.29, 0.717) is 5.56 Å². The van der Waals surface area contributed by atoms with Gasteiger partial charge >= 0.3 is 0 Å². The first kappa shape index (κ1) is 13.5. The Balaban J connectivity index is 2.02. The first-order chi connectivity index (χ1) is 9.06. The van der Waals surface area contributed by atoms with E-state index in [-0.39, 0.29) is 22.2 Å². The lowest BCUT2D eigenvalue weighted by Crippen LogP contribution is -2.02. The highest BCUT2D eigenvalue weighted by atomic mass is 32.2. The van der Waals surface area contributed by atoms with Crippen molar-refractivity contribution in [2.24, 2.45) is 0 Å². The van der Waals surface area contributed by atoms with Crippen molar-refractivity contribution in [1.29, 1.82) is 0 Å². The van der Waals surface area contributed by atoms with Crippen molar-refractivity contribution in [3.05, 3.63) is 59.7 Å². The van der Waals surface area contributed by atoms with Crippen LogP contribution in [-0.4, -0.2) is 16.6 Å². The molecule has 2 rings (SSSR count). The van der Waals surface area contributed by atoms with Crippen molar-refractivity contribution in [2.45, 2.75) is 4.90 Å². The third-order valence-electron chi connectivity index (χ3n) is 2.44. The van der Waals surface area contributed by atoms with Gasteiger partial charge in [0.25, 0.3) is 0 Å². The number of carbonyl (C=O) groups is 1. The molecule has 0 bridgehead atoms. The molecule has 0 aliphatic rings. The first-order valence-corrected chi connectivity index (χ1v) is 6.45. The number of halogens is 2. The number of thioether (sulfide) groups is 1. The van der Waals surface area contributed by atoms with Gasteiger partial charge in [0, 0.05) is 16.5 Å². The standard InChI is InChI=1S/C14H10F2O2S/c15-10-3-6-14(12(16)7-10)19-8-13(18)9-1-4-11(17)5-2-9/h1-7,17H,8H2. The summed E-state index contributed by atoms with van der Waals surface area (Å²) in [5.41, 5.74) is 0.438. The zero-order valence-corrected chi connectivity index (χ0v) is 10.6. The van der Waals surface area contributed by atoms with Crippen molar-refractivity contribution in [3.8, 4) is 5.75 Å². The van der Waals surface area contributed by atoms with E-state index in [1.165, 1.54) is 30.3 Å². The molecular formula is C14H10F2O2S. The lowest BCUT2D eigenvalue weighted by Gasteiger charge is -2.03. The zero-order valence-electron chi connectivity index (χ0n) is 9.77. The summed E-state index contributed by atoms with van der Waals surface area (Å²) in [5.74, 6) is -1.38. The van der Waals surface area contributed by atoms with Gasteiger partial charge in [0.2, 0.25) is 0 Å². The van der Waals surface area contributed by atoms with Crippen molar-refractivity contribution in [1.82, 2.24) is 0 Å². The molecule has 2 aromatic rings.